The molecule has 0 saturated carbocycles. The van der Waals surface area contributed by atoms with Gasteiger partial charge in [-0.2, -0.15) is 4.31 Å². The van der Waals surface area contributed by atoms with Crippen molar-refractivity contribution in [3.8, 4) is 0 Å². The number of nitro benzene ring substituents is 1. The van der Waals surface area contributed by atoms with Gasteiger partial charge in [-0.25, -0.2) is 8.42 Å². The third kappa shape index (κ3) is 3.57. The van der Waals surface area contributed by atoms with Crippen LogP contribution in [-0.2, 0) is 10.0 Å². The second-order valence-electron chi connectivity index (χ2n) is 5.36. The number of nitrogens with zero attached hydrogens (tertiary/aromatic N) is 2. The highest BCUT2D eigenvalue weighted by Gasteiger charge is 2.26. The van der Waals surface area contributed by atoms with Gasteiger partial charge >= 0.3 is 0 Å². The maximum Gasteiger partial charge on any atom is 0.269 e. The molecular formula is C16H18N2O4S. The van der Waals surface area contributed by atoms with Gasteiger partial charge in [-0.05, 0) is 31.5 Å². The summed E-state index contributed by atoms with van der Waals surface area (Å²) in [4.78, 5) is 10.6. The van der Waals surface area contributed by atoms with Gasteiger partial charge in [-0.1, -0.05) is 29.8 Å². The average Bonchev–Trinajstić information content (AvgIpc) is 2.54. The van der Waals surface area contributed by atoms with Crippen LogP contribution in [0, 0.1) is 17.0 Å². The molecule has 0 spiro atoms. The van der Waals surface area contributed by atoms with Crippen LogP contribution in [0.1, 0.15) is 24.1 Å². The minimum absolute atomic E-state index is 0.0597. The molecule has 0 N–H and O–H groups in total. The molecule has 0 aliphatic carbocycles. The van der Waals surface area contributed by atoms with Gasteiger partial charge in [0.25, 0.3) is 5.69 Å². The van der Waals surface area contributed by atoms with Crippen molar-refractivity contribution < 1.29 is 13.3 Å². The first-order chi connectivity index (χ1) is 10.7. The Morgan fingerprint density at radius 3 is 2.30 bits per heavy atom. The van der Waals surface area contributed by atoms with Crippen molar-refractivity contribution in [3.05, 3.63) is 69.8 Å². The molecule has 2 aromatic rings. The van der Waals surface area contributed by atoms with Crippen LogP contribution >= 0.6 is 0 Å². The van der Waals surface area contributed by atoms with Gasteiger partial charge in [0.2, 0.25) is 10.0 Å². The van der Waals surface area contributed by atoms with Crippen molar-refractivity contribution in [1.29, 1.82) is 0 Å². The molecule has 7 heteroatoms. The van der Waals surface area contributed by atoms with Gasteiger partial charge in [-0.3, -0.25) is 10.1 Å². The highest BCUT2D eigenvalue weighted by atomic mass is 32.2. The fourth-order valence-electron chi connectivity index (χ4n) is 2.19. The van der Waals surface area contributed by atoms with Gasteiger partial charge in [0.05, 0.1) is 9.82 Å². The fraction of sp³-hybridized carbons (Fsp3) is 0.250. The predicted octanol–water partition coefficient (Wildman–Crippen LogP) is 3.28. The number of hydrogen-bond donors (Lipinski definition) is 0. The second-order valence-corrected chi connectivity index (χ2v) is 7.36. The monoisotopic (exact) mass is 334 g/mol. The lowest BCUT2D eigenvalue weighted by Gasteiger charge is -2.24. The maximum absolute atomic E-state index is 12.7. The number of non-ortho nitro benzene ring substituents is 1. The number of rotatable bonds is 5. The lowest BCUT2D eigenvalue weighted by Crippen LogP contribution is -2.29. The Morgan fingerprint density at radius 1 is 1.13 bits per heavy atom. The van der Waals surface area contributed by atoms with Crippen LogP contribution in [0.25, 0.3) is 0 Å². The Labute approximate surface area is 135 Å². The molecule has 23 heavy (non-hydrogen) atoms. The molecule has 2 rings (SSSR count). The quantitative estimate of drug-likeness (QED) is 0.621. The first kappa shape index (κ1) is 17.1. The van der Waals surface area contributed by atoms with Gasteiger partial charge in [0, 0.05) is 25.2 Å². The summed E-state index contributed by atoms with van der Waals surface area (Å²) in [5.41, 5.74) is 1.48. The molecule has 0 aromatic heterocycles. The summed E-state index contributed by atoms with van der Waals surface area (Å²) in [6, 6.07) is 12.1. The Balaban J connectivity index is 2.35. The van der Waals surface area contributed by atoms with E-state index in [0.717, 1.165) is 5.56 Å². The van der Waals surface area contributed by atoms with Crippen molar-refractivity contribution in [2.75, 3.05) is 7.05 Å². The molecule has 0 saturated heterocycles. The number of benzene rings is 2. The van der Waals surface area contributed by atoms with Crippen molar-refractivity contribution in [3.63, 3.8) is 0 Å². The lowest BCUT2D eigenvalue weighted by molar-refractivity contribution is -0.384. The number of nitro groups is 1. The van der Waals surface area contributed by atoms with E-state index in [2.05, 4.69) is 0 Å². The van der Waals surface area contributed by atoms with Crippen molar-refractivity contribution >= 4 is 15.7 Å². The van der Waals surface area contributed by atoms with E-state index in [9.17, 15) is 18.5 Å². The van der Waals surface area contributed by atoms with E-state index >= 15 is 0 Å². The minimum atomic E-state index is -3.67. The average molecular weight is 334 g/mol. The van der Waals surface area contributed by atoms with Crippen LogP contribution in [-0.4, -0.2) is 24.7 Å². The summed E-state index contributed by atoms with van der Waals surface area (Å²) in [5.74, 6) is 0. The summed E-state index contributed by atoms with van der Waals surface area (Å²) in [5, 5.41) is 10.9. The molecule has 1 atom stereocenters. The summed E-state index contributed by atoms with van der Waals surface area (Å²) in [6.07, 6.45) is 0. The molecule has 6 nitrogen and oxygen atoms in total. The smallest absolute Gasteiger partial charge is 0.258 e. The second kappa shape index (κ2) is 6.47. The van der Waals surface area contributed by atoms with E-state index in [0.29, 0.717) is 5.56 Å². The van der Waals surface area contributed by atoms with Gasteiger partial charge < -0.3 is 0 Å². The van der Waals surface area contributed by atoms with Gasteiger partial charge in [0.1, 0.15) is 0 Å². The van der Waals surface area contributed by atoms with Crippen LogP contribution in [0.2, 0.25) is 0 Å². The molecule has 0 radical (unpaired) electrons. The molecule has 122 valence electrons. The number of aryl methyl sites for hydroxylation is 1. The Hall–Kier alpha value is -2.25. The Morgan fingerprint density at radius 2 is 1.74 bits per heavy atom. The topological polar surface area (TPSA) is 80.5 Å². The standard InChI is InChI=1S/C16H18N2O4S/c1-12-7-9-16(10-8-12)23(21,22)17(3)13(2)14-5-4-6-15(11-14)18(19)20/h4-11,13H,1-3H3/t13-/m0/s1. The maximum atomic E-state index is 12.7. The highest BCUT2D eigenvalue weighted by molar-refractivity contribution is 7.89. The molecule has 0 fully saturated rings. The number of hydrogen-bond acceptors (Lipinski definition) is 4. The lowest BCUT2D eigenvalue weighted by atomic mass is 10.1. The van der Waals surface area contributed by atoms with Crippen LogP contribution in [0.4, 0.5) is 5.69 Å². The first-order valence-corrected chi connectivity index (χ1v) is 8.46. The normalized spacial score (nSPS) is 13.0. The van der Waals surface area contributed by atoms with Gasteiger partial charge in [0.15, 0.2) is 0 Å². The molecule has 2 aromatic carbocycles. The zero-order valence-corrected chi connectivity index (χ0v) is 13.9. The third-order valence-corrected chi connectivity index (χ3v) is 5.75. The molecule has 0 bridgehead atoms. The number of sulfonamides is 1. The highest BCUT2D eigenvalue weighted by Crippen LogP contribution is 2.27. The molecular weight excluding hydrogens is 316 g/mol. The zero-order valence-electron chi connectivity index (χ0n) is 13.1. The largest absolute Gasteiger partial charge is 0.269 e. The SMILES string of the molecule is Cc1ccc(S(=O)(=O)N(C)[C@@H](C)c2cccc([N+](=O)[O-])c2)cc1. The Kier molecular flexibility index (Phi) is 4.82. The first-order valence-electron chi connectivity index (χ1n) is 7.02. The van der Waals surface area contributed by atoms with E-state index in [4.69, 9.17) is 0 Å². The molecule has 0 unspecified atom stereocenters. The van der Waals surface area contributed by atoms with E-state index in [1.54, 1.807) is 43.3 Å². The van der Waals surface area contributed by atoms with Crippen LogP contribution in [0.5, 0.6) is 0 Å². The van der Waals surface area contributed by atoms with Gasteiger partial charge in [-0.15, -0.1) is 0 Å². The van der Waals surface area contributed by atoms with Crippen molar-refractivity contribution in [2.24, 2.45) is 0 Å². The molecule has 0 amide bonds. The zero-order chi connectivity index (χ0) is 17.2. The van der Waals surface area contributed by atoms with Crippen molar-refractivity contribution in [2.45, 2.75) is 24.8 Å². The Bertz CT molecular complexity index is 816. The van der Waals surface area contributed by atoms with Crippen LogP contribution in [0.15, 0.2) is 53.4 Å². The summed E-state index contributed by atoms with van der Waals surface area (Å²) in [7, 11) is -2.20. The predicted molar refractivity (Wildman–Crippen MR) is 87.6 cm³/mol. The molecule has 0 aliphatic heterocycles. The fourth-order valence-corrected chi connectivity index (χ4v) is 3.54. The van der Waals surface area contributed by atoms with E-state index in [1.807, 2.05) is 6.92 Å². The summed E-state index contributed by atoms with van der Waals surface area (Å²) < 4.78 is 26.6. The third-order valence-electron chi connectivity index (χ3n) is 3.81. The summed E-state index contributed by atoms with van der Waals surface area (Å²) >= 11 is 0. The molecule has 0 aliphatic rings. The van der Waals surface area contributed by atoms with Crippen molar-refractivity contribution in [1.82, 2.24) is 4.31 Å². The van der Waals surface area contributed by atoms with Crippen LogP contribution in [0.3, 0.4) is 0 Å². The summed E-state index contributed by atoms with van der Waals surface area (Å²) in [6.45, 7) is 3.58. The van der Waals surface area contributed by atoms with E-state index in [-0.39, 0.29) is 10.6 Å². The van der Waals surface area contributed by atoms with E-state index < -0.39 is 21.0 Å². The van der Waals surface area contributed by atoms with E-state index in [1.165, 1.54) is 23.5 Å². The van der Waals surface area contributed by atoms with Crippen LogP contribution < -0.4 is 0 Å². The minimum Gasteiger partial charge on any atom is -0.258 e. The molecule has 0 heterocycles.